The minimum absolute atomic E-state index is 0.0221. The van der Waals surface area contributed by atoms with Crippen LogP contribution in [0.1, 0.15) is 10.4 Å². The van der Waals surface area contributed by atoms with Crippen molar-refractivity contribution in [3.63, 3.8) is 0 Å². The van der Waals surface area contributed by atoms with E-state index >= 15 is 0 Å². The van der Waals surface area contributed by atoms with Crippen molar-refractivity contribution < 1.29 is 27.4 Å². The van der Waals surface area contributed by atoms with Crippen molar-refractivity contribution in [3.8, 4) is 17.6 Å². The molecule has 0 atom stereocenters. The second-order valence-corrected chi connectivity index (χ2v) is 8.61. The first-order chi connectivity index (χ1) is 16.2. The van der Waals surface area contributed by atoms with E-state index in [1.807, 2.05) is 0 Å². The average molecular weight is 504 g/mol. The van der Waals surface area contributed by atoms with Crippen molar-refractivity contribution in [3.05, 3.63) is 60.2 Å². The van der Waals surface area contributed by atoms with Crippen molar-refractivity contribution in [2.45, 2.75) is 4.90 Å². The Morgan fingerprint density at radius 2 is 1.65 bits per heavy atom. The highest BCUT2D eigenvalue weighted by atomic mass is 32.2. The van der Waals surface area contributed by atoms with Crippen LogP contribution in [0.15, 0.2) is 59.5 Å². The van der Waals surface area contributed by atoms with Gasteiger partial charge in [0, 0.05) is 11.8 Å². The third-order valence-electron chi connectivity index (χ3n) is 4.31. The predicted octanol–water partition coefficient (Wildman–Crippen LogP) is 2.43. The first-order valence-corrected chi connectivity index (χ1v) is 11.5. The number of hydrogen-bond donors (Lipinski definition) is 3. The molecule has 0 aliphatic carbocycles. The number of nitrogens with one attached hydrogen (secondary N) is 3. The molecule has 178 valence electrons. The lowest BCUT2D eigenvalue weighted by Gasteiger charge is -2.12. The lowest BCUT2D eigenvalue weighted by molar-refractivity contribution is 0.0974. The summed E-state index contributed by atoms with van der Waals surface area (Å²) in [6.07, 6.45) is 0. The van der Waals surface area contributed by atoms with Crippen LogP contribution >= 0.6 is 12.2 Å². The number of thiocarbonyl (C=S) groups is 1. The molecule has 2 aromatic carbocycles. The third kappa shape index (κ3) is 6.08. The van der Waals surface area contributed by atoms with Gasteiger partial charge in [0.25, 0.3) is 15.9 Å². The molecule has 1 aromatic heterocycles. The molecular weight excluding hydrogens is 482 g/mol. The van der Waals surface area contributed by atoms with E-state index in [0.717, 1.165) is 0 Å². The normalized spacial score (nSPS) is 10.7. The average Bonchev–Trinajstić information content (AvgIpc) is 2.83. The van der Waals surface area contributed by atoms with Gasteiger partial charge in [-0.3, -0.25) is 14.8 Å². The van der Waals surface area contributed by atoms with Gasteiger partial charge in [0.2, 0.25) is 5.88 Å². The fraction of sp³-hybridized carbons (Fsp3) is 0.143. The molecule has 3 N–H and O–H groups in total. The number of carbonyl (C=O) groups excluding carboxylic acids is 1. The van der Waals surface area contributed by atoms with Crippen LogP contribution in [0.3, 0.4) is 0 Å². The van der Waals surface area contributed by atoms with Gasteiger partial charge in [-0.1, -0.05) is 12.1 Å². The van der Waals surface area contributed by atoms with Gasteiger partial charge in [-0.2, -0.15) is 9.97 Å². The first kappa shape index (κ1) is 24.7. The van der Waals surface area contributed by atoms with Crippen molar-refractivity contribution >= 4 is 44.8 Å². The number of hydrogen-bond acceptors (Lipinski definition) is 9. The molecule has 0 bridgehead atoms. The summed E-state index contributed by atoms with van der Waals surface area (Å²) in [5.74, 6) is 0.0664. The molecule has 0 saturated carbocycles. The SMILES string of the molecule is COc1cc(NS(=O)(=O)c2ccc(NC(=S)NC(=O)c3ccccc3OC)cc2)nc(OC)n1. The molecule has 0 radical (unpaired) electrons. The van der Waals surface area contributed by atoms with Gasteiger partial charge < -0.3 is 19.5 Å². The number of sulfonamides is 1. The largest absolute Gasteiger partial charge is 0.496 e. The predicted molar refractivity (Wildman–Crippen MR) is 129 cm³/mol. The quantitative estimate of drug-likeness (QED) is 0.393. The highest BCUT2D eigenvalue weighted by Crippen LogP contribution is 2.22. The molecule has 34 heavy (non-hydrogen) atoms. The Kier molecular flexibility index (Phi) is 7.81. The van der Waals surface area contributed by atoms with E-state index in [1.54, 1.807) is 24.3 Å². The summed E-state index contributed by atoms with van der Waals surface area (Å²) in [7, 11) is 0.229. The Hall–Kier alpha value is -3.97. The van der Waals surface area contributed by atoms with Crippen molar-refractivity contribution in [2.24, 2.45) is 0 Å². The molecular formula is C21H21N5O6S2. The third-order valence-corrected chi connectivity index (χ3v) is 5.89. The topological polar surface area (TPSA) is 141 Å². The molecule has 11 nitrogen and oxygen atoms in total. The van der Waals surface area contributed by atoms with Gasteiger partial charge in [0.05, 0.1) is 31.8 Å². The van der Waals surface area contributed by atoms with Crippen LogP contribution in [0, 0.1) is 0 Å². The van der Waals surface area contributed by atoms with E-state index in [4.69, 9.17) is 26.4 Å². The Labute approximate surface area is 201 Å². The van der Waals surface area contributed by atoms with Crippen molar-refractivity contribution in [1.29, 1.82) is 0 Å². The van der Waals surface area contributed by atoms with Gasteiger partial charge in [0.1, 0.15) is 5.75 Å². The van der Waals surface area contributed by atoms with E-state index in [-0.39, 0.29) is 27.7 Å². The van der Waals surface area contributed by atoms with Crippen LogP contribution in [-0.2, 0) is 10.0 Å². The zero-order valence-electron chi connectivity index (χ0n) is 18.4. The summed E-state index contributed by atoms with van der Waals surface area (Å²) >= 11 is 5.18. The molecule has 0 saturated heterocycles. The van der Waals surface area contributed by atoms with E-state index in [9.17, 15) is 13.2 Å². The molecule has 1 amide bonds. The number of methoxy groups -OCH3 is 3. The number of anilines is 2. The smallest absolute Gasteiger partial charge is 0.321 e. The molecule has 0 fully saturated rings. The second kappa shape index (κ2) is 10.8. The zero-order valence-corrected chi connectivity index (χ0v) is 20.0. The number of rotatable bonds is 8. The van der Waals surface area contributed by atoms with Crippen LogP contribution in [0.5, 0.6) is 17.6 Å². The van der Waals surface area contributed by atoms with E-state index < -0.39 is 15.9 Å². The highest BCUT2D eigenvalue weighted by molar-refractivity contribution is 7.92. The summed E-state index contributed by atoms with van der Waals surface area (Å²) in [6, 6.07) is 13.7. The van der Waals surface area contributed by atoms with Gasteiger partial charge in [-0.15, -0.1) is 0 Å². The minimum Gasteiger partial charge on any atom is -0.496 e. The number of amides is 1. The van der Waals surface area contributed by atoms with E-state index in [0.29, 0.717) is 17.0 Å². The van der Waals surface area contributed by atoms with Crippen molar-refractivity contribution in [1.82, 2.24) is 15.3 Å². The number of carbonyl (C=O) groups is 1. The summed E-state index contributed by atoms with van der Waals surface area (Å²) < 4.78 is 42.9. The van der Waals surface area contributed by atoms with Gasteiger partial charge in [-0.25, -0.2) is 8.42 Å². The fourth-order valence-electron chi connectivity index (χ4n) is 2.73. The molecule has 1 heterocycles. The highest BCUT2D eigenvalue weighted by Gasteiger charge is 2.17. The van der Waals surface area contributed by atoms with Gasteiger partial charge in [-0.05, 0) is 48.6 Å². The van der Waals surface area contributed by atoms with Gasteiger partial charge in [0.15, 0.2) is 10.9 Å². The summed E-state index contributed by atoms with van der Waals surface area (Å²) in [6.45, 7) is 0. The van der Waals surface area contributed by atoms with E-state index in [2.05, 4.69) is 25.3 Å². The van der Waals surface area contributed by atoms with Gasteiger partial charge >= 0.3 is 6.01 Å². The fourth-order valence-corrected chi connectivity index (χ4v) is 3.93. The number of ether oxygens (including phenoxy) is 3. The summed E-state index contributed by atoms with van der Waals surface area (Å²) in [5, 5.41) is 5.41. The van der Waals surface area contributed by atoms with E-state index in [1.165, 1.54) is 51.7 Å². The number of nitrogens with zero attached hydrogens (tertiary/aromatic N) is 2. The van der Waals surface area contributed by atoms with Crippen LogP contribution in [-0.4, -0.2) is 50.7 Å². The van der Waals surface area contributed by atoms with Crippen LogP contribution < -0.4 is 29.6 Å². The molecule has 0 aliphatic heterocycles. The second-order valence-electron chi connectivity index (χ2n) is 6.52. The maximum Gasteiger partial charge on any atom is 0.321 e. The van der Waals surface area contributed by atoms with Crippen LogP contribution in [0.2, 0.25) is 0 Å². The van der Waals surface area contributed by atoms with Crippen molar-refractivity contribution in [2.75, 3.05) is 31.4 Å². The lowest BCUT2D eigenvalue weighted by atomic mass is 10.2. The maximum atomic E-state index is 12.7. The molecule has 0 unspecified atom stereocenters. The van der Waals surface area contributed by atoms with Crippen LogP contribution in [0.4, 0.5) is 11.5 Å². The Morgan fingerprint density at radius 3 is 2.29 bits per heavy atom. The molecule has 3 rings (SSSR count). The monoisotopic (exact) mass is 503 g/mol. The minimum atomic E-state index is -3.97. The number of para-hydroxylation sites is 1. The summed E-state index contributed by atoms with van der Waals surface area (Å²) in [5.41, 5.74) is 0.786. The number of benzene rings is 2. The maximum absolute atomic E-state index is 12.7. The zero-order chi connectivity index (χ0) is 24.7. The molecule has 13 heteroatoms. The standard InChI is InChI=1S/C21H21N5O6S2/c1-30-16-7-5-4-6-15(16)19(27)25-21(33)22-13-8-10-14(11-9-13)34(28,29)26-17-12-18(31-2)24-20(23-17)32-3/h4-12H,1-3H3,(H,23,24,26)(H2,22,25,27,33). The lowest BCUT2D eigenvalue weighted by Crippen LogP contribution is -2.34. The Balaban J connectivity index is 1.67. The molecule has 0 spiro atoms. The summed E-state index contributed by atoms with van der Waals surface area (Å²) in [4.78, 5) is 20.3. The molecule has 0 aliphatic rings. The first-order valence-electron chi connectivity index (χ1n) is 9.61. The number of aromatic nitrogens is 2. The molecule has 3 aromatic rings. The Bertz CT molecular complexity index is 1280. The Morgan fingerprint density at radius 1 is 0.941 bits per heavy atom. The van der Waals surface area contributed by atoms with Crippen LogP contribution in [0.25, 0.3) is 0 Å².